The Morgan fingerprint density at radius 1 is 1.38 bits per heavy atom. The molecule has 1 atom stereocenters. The maximum atomic E-state index is 12.5. The predicted molar refractivity (Wildman–Crippen MR) is 81.1 cm³/mol. The summed E-state index contributed by atoms with van der Waals surface area (Å²) in [5, 5.41) is 0.630. The zero-order valence-corrected chi connectivity index (χ0v) is 12.9. The molecule has 1 aliphatic rings. The van der Waals surface area contributed by atoms with E-state index < -0.39 is 0 Å². The largest absolute Gasteiger partial charge is 0.469 e. The Labute approximate surface area is 130 Å². The van der Waals surface area contributed by atoms with Crippen molar-refractivity contribution < 1.29 is 14.3 Å². The molecular weight excluding hydrogens is 290 g/mol. The van der Waals surface area contributed by atoms with Crippen molar-refractivity contribution in [2.24, 2.45) is 0 Å². The van der Waals surface area contributed by atoms with Crippen LogP contribution in [0.3, 0.4) is 0 Å². The van der Waals surface area contributed by atoms with Crippen LogP contribution in [0.4, 0.5) is 0 Å². The summed E-state index contributed by atoms with van der Waals surface area (Å²) >= 11 is 5.94. The summed E-state index contributed by atoms with van der Waals surface area (Å²) in [5.41, 5.74) is 0.898. The maximum Gasteiger partial charge on any atom is 0.307 e. The summed E-state index contributed by atoms with van der Waals surface area (Å²) in [6.45, 7) is 0.709. The summed E-state index contributed by atoms with van der Waals surface area (Å²) < 4.78 is 4.72. The number of amides is 1. The maximum absolute atomic E-state index is 12.5. The highest BCUT2D eigenvalue weighted by Gasteiger charge is 2.28. The summed E-state index contributed by atoms with van der Waals surface area (Å²) in [4.78, 5) is 25.8. The monoisotopic (exact) mass is 309 g/mol. The van der Waals surface area contributed by atoms with Crippen LogP contribution >= 0.6 is 11.6 Å². The fraction of sp³-hybridized carbons (Fsp3) is 0.500. The third-order valence-electron chi connectivity index (χ3n) is 3.82. The van der Waals surface area contributed by atoms with E-state index in [-0.39, 0.29) is 24.3 Å². The van der Waals surface area contributed by atoms with Crippen LogP contribution in [0.15, 0.2) is 24.3 Å². The molecule has 1 amide bonds. The number of methoxy groups -OCH3 is 1. The number of carbonyl (C=O) groups excluding carboxylic acids is 2. The molecule has 0 N–H and O–H groups in total. The Kier molecular flexibility index (Phi) is 5.62. The van der Waals surface area contributed by atoms with Gasteiger partial charge in [-0.3, -0.25) is 9.59 Å². The molecule has 4 nitrogen and oxygen atoms in total. The third kappa shape index (κ3) is 4.46. The minimum atomic E-state index is -0.262. The van der Waals surface area contributed by atoms with Gasteiger partial charge in [-0.1, -0.05) is 23.7 Å². The van der Waals surface area contributed by atoms with Gasteiger partial charge in [-0.2, -0.15) is 0 Å². The quantitative estimate of drug-likeness (QED) is 0.804. The Morgan fingerprint density at radius 3 is 2.90 bits per heavy atom. The highest BCUT2D eigenvalue weighted by molar-refractivity contribution is 6.30. The van der Waals surface area contributed by atoms with Crippen LogP contribution in [0, 0.1) is 0 Å². The van der Waals surface area contributed by atoms with Crippen molar-refractivity contribution in [3.8, 4) is 0 Å². The molecule has 114 valence electrons. The Bertz CT molecular complexity index is 518. The van der Waals surface area contributed by atoms with Crippen molar-refractivity contribution in [3.05, 3.63) is 34.9 Å². The van der Waals surface area contributed by atoms with Gasteiger partial charge in [0, 0.05) is 17.6 Å². The number of benzene rings is 1. The average molecular weight is 310 g/mol. The minimum Gasteiger partial charge on any atom is -0.469 e. The normalized spacial score (nSPS) is 18.4. The SMILES string of the molecule is COC(=O)CC1CCCCN1C(=O)Cc1cccc(Cl)c1. The molecule has 0 aliphatic carbocycles. The molecular formula is C16H20ClNO3. The van der Waals surface area contributed by atoms with Crippen molar-refractivity contribution in [3.63, 3.8) is 0 Å². The van der Waals surface area contributed by atoms with E-state index in [9.17, 15) is 9.59 Å². The number of ether oxygens (including phenoxy) is 1. The van der Waals surface area contributed by atoms with E-state index in [1.807, 2.05) is 17.0 Å². The second kappa shape index (κ2) is 7.46. The smallest absolute Gasteiger partial charge is 0.307 e. The number of halogens is 1. The van der Waals surface area contributed by atoms with Gasteiger partial charge in [-0.15, -0.1) is 0 Å². The zero-order valence-electron chi connectivity index (χ0n) is 12.2. The Balaban J connectivity index is 2.02. The first-order valence-electron chi connectivity index (χ1n) is 7.21. The molecule has 1 fully saturated rings. The molecule has 21 heavy (non-hydrogen) atoms. The van der Waals surface area contributed by atoms with Crippen LogP contribution in [0.1, 0.15) is 31.2 Å². The molecule has 1 aliphatic heterocycles. The van der Waals surface area contributed by atoms with Gasteiger partial charge in [0.05, 0.1) is 20.0 Å². The van der Waals surface area contributed by atoms with Gasteiger partial charge in [0.1, 0.15) is 0 Å². The Hall–Kier alpha value is -1.55. The Morgan fingerprint density at radius 2 is 2.19 bits per heavy atom. The highest BCUT2D eigenvalue weighted by atomic mass is 35.5. The molecule has 1 aromatic carbocycles. The lowest BCUT2D eigenvalue weighted by Crippen LogP contribution is -2.45. The van der Waals surface area contributed by atoms with Crippen molar-refractivity contribution in [2.75, 3.05) is 13.7 Å². The first-order chi connectivity index (χ1) is 10.1. The molecule has 0 radical (unpaired) electrons. The highest BCUT2D eigenvalue weighted by Crippen LogP contribution is 2.21. The molecule has 1 aromatic rings. The molecule has 5 heteroatoms. The van der Waals surface area contributed by atoms with Crippen LogP contribution in [0.25, 0.3) is 0 Å². The summed E-state index contributed by atoms with van der Waals surface area (Å²) in [5.74, 6) is -0.215. The number of carbonyl (C=O) groups is 2. The second-order valence-electron chi connectivity index (χ2n) is 5.32. The topological polar surface area (TPSA) is 46.6 Å². The van der Waals surface area contributed by atoms with Crippen LogP contribution in [0.2, 0.25) is 5.02 Å². The van der Waals surface area contributed by atoms with Gasteiger partial charge in [-0.05, 0) is 37.0 Å². The van der Waals surface area contributed by atoms with Crippen LogP contribution in [-0.4, -0.2) is 36.5 Å². The molecule has 1 saturated heterocycles. The fourth-order valence-corrected chi connectivity index (χ4v) is 2.95. The number of hydrogen-bond acceptors (Lipinski definition) is 3. The lowest BCUT2D eigenvalue weighted by Gasteiger charge is -2.35. The van der Waals surface area contributed by atoms with E-state index in [0.29, 0.717) is 18.0 Å². The van der Waals surface area contributed by atoms with Gasteiger partial charge in [-0.25, -0.2) is 0 Å². The summed E-state index contributed by atoms with van der Waals surface area (Å²) in [6.07, 6.45) is 3.48. The number of likely N-dealkylation sites (tertiary alicyclic amines) is 1. The number of rotatable bonds is 4. The molecule has 0 aromatic heterocycles. The van der Waals surface area contributed by atoms with E-state index in [1.54, 1.807) is 12.1 Å². The van der Waals surface area contributed by atoms with Gasteiger partial charge in [0.25, 0.3) is 0 Å². The van der Waals surface area contributed by atoms with E-state index in [1.165, 1.54) is 7.11 Å². The van der Waals surface area contributed by atoms with E-state index in [4.69, 9.17) is 16.3 Å². The minimum absolute atomic E-state index is 0.0436. The number of piperidine rings is 1. The molecule has 0 bridgehead atoms. The average Bonchev–Trinajstić information content (AvgIpc) is 2.47. The van der Waals surface area contributed by atoms with Gasteiger partial charge in [0.15, 0.2) is 0 Å². The van der Waals surface area contributed by atoms with E-state index >= 15 is 0 Å². The lowest BCUT2D eigenvalue weighted by atomic mass is 9.98. The van der Waals surface area contributed by atoms with Gasteiger partial charge in [0.2, 0.25) is 5.91 Å². The second-order valence-corrected chi connectivity index (χ2v) is 5.76. The van der Waals surface area contributed by atoms with Gasteiger partial charge >= 0.3 is 5.97 Å². The molecule has 1 heterocycles. The van der Waals surface area contributed by atoms with Crippen LogP contribution in [0.5, 0.6) is 0 Å². The number of hydrogen-bond donors (Lipinski definition) is 0. The predicted octanol–water partition coefficient (Wildman–Crippen LogP) is 2.83. The first-order valence-corrected chi connectivity index (χ1v) is 7.58. The van der Waals surface area contributed by atoms with Crippen molar-refractivity contribution in [1.82, 2.24) is 4.90 Å². The lowest BCUT2D eigenvalue weighted by molar-refractivity contribution is -0.144. The third-order valence-corrected chi connectivity index (χ3v) is 4.06. The summed E-state index contributed by atoms with van der Waals surface area (Å²) in [6, 6.07) is 7.28. The molecule has 0 saturated carbocycles. The molecule has 1 unspecified atom stereocenters. The standard InChI is InChI=1S/C16H20ClNO3/c1-21-16(20)11-14-7-2-3-8-18(14)15(19)10-12-5-4-6-13(17)9-12/h4-6,9,14H,2-3,7-8,10-11H2,1H3. The number of nitrogens with zero attached hydrogens (tertiary/aromatic N) is 1. The molecule has 2 rings (SSSR count). The van der Waals surface area contributed by atoms with Gasteiger partial charge < -0.3 is 9.64 Å². The zero-order chi connectivity index (χ0) is 15.2. The van der Waals surface area contributed by atoms with E-state index in [0.717, 1.165) is 24.8 Å². The first kappa shape index (κ1) is 15.8. The fourth-order valence-electron chi connectivity index (χ4n) is 2.74. The van der Waals surface area contributed by atoms with Crippen molar-refractivity contribution in [2.45, 2.75) is 38.1 Å². The van der Waals surface area contributed by atoms with Crippen molar-refractivity contribution in [1.29, 1.82) is 0 Å². The molecule has 0 spiro atoms. The van der Waals surface area contributed by atoms with E-state index in [2.05, 4.69) is 0 Å². The summed E-state index contributed by atoms with van der Waals surface area (Å²) in [7, 11) is 1.38. The van der Waals surface area contributed by atoms with Crippen molar-refractivity contribution >= 4 is 23.5 Å². The van der Waals surface area contributed by atoms with Crippen LogP contribution < -0.4 is 0 Å². The number of esters is 1. The van der Waals surface area contributed by atoms with Crippen LogP contribution in [-0.2, 0) is 20.7 Å².